The van der Waals surface area contributed by atoms with E-state index in [-0.39, 0.29) is 5.41 Å². The summed E-state index contributed by atoms with van der Waals surface area (Å²) in [4.78, 5) is 0. The van der Waals surface area contributed by atoms with Crippen LogP contribution >= 0.6 is 0 Å². The van der Waals surface area contributed by atoms with Gasteiger partial charge in [0.1, 0.15) is 0 Å². The van der Waals surface area contributed by atoms with E-state index in [1.165, 1.54) is 11.1 Å². The molecule has 1 fully saturated rings. The summed E-state index contributed by atoms with van der Waals surface area (Å²) >= 11 is 0. The zero-order chi connectivity index (χ0) is 7.78. The van der Waals surface area contributed by atoms with Gasteiger partial charge in [-0.1, -0.05) is 38.2 Å². The number of rotatable bonds is 0. The van der Waals surface area contributed by atoms with Crippen LogP contribution in [0.2, 0.25) is 0 Å². The molecular weight excluding hydrogens is 122 g/mol. The van der Waals surface area contributed by atoms with Gasteiger partial charge in [-0.15, -0.1) is 0 Å². The van der Waals surface area contributed by atoms with Crippen LogP contribution < -0.4 is 5.32 Å². The van der Waals surface area contributed by atoms with Crippen molar-refractivity contribution >= 4 is 0 Å². The number of hydrogen-bond donors (Lipinski definition) is 1. The number of nitrogens with one attached hydrogen (secondary N) is 1. The Morgan fingerprint density at radius 2 is 1.60 bits per heavy atom. The fraction of sp³-hybridized carbons (Fsp3) is 0.556. The average molecular weight is 137 g/mol. The highest BCUT2D eigenvalue weighted by Crippen LogP contribution is 2.34. The van der Waals surface area contributed by atoms with Gasteiger partial charge in [0, 0.05) is 18.5 Å². The van der Waals surface area contributed by atoms with Gasteiger partial charge in [0.25, 0.3) is 0 Å². The van der Waals surface area contributed by atoms with E-state index in [9.17, 15) is 0 Å². The Morgan fingerprint density at radius 3 is 1.90 bits per heavy atom. The fourth-order valence-electron chi connectivity index (χ4n) is 1.06. The highest BCUT2D eigenvalue weighted by molar-refractivity contribution is 5.28. The molecule has 1 heterocycles. The van der Waals surface area contributed by atoms with Crippen molar-refractivity contribution in [1.29, 1.82) is 0 Å². The van der Waals surface area contributed by atoms with E-state index in [0.717, 1.165) is 13.1 Å². The van der Waals surface area contributed by atoms with E-state index in [1.54, 1.807) is 0 Å². The standard InChI is InChI=1S/C9H15N/c1-7-5-10-6-8(2)9(7,3)4/h10H,1-2,5-6H2,3-4H3. The Labute approximate surface area is 62.8 Å². The minimum absolute atomic E-state index is 0.144. The predicted octanol–water partition coefficient (Wildman–Crippen LogP) is 1.73. The average Bonchev–Trinajstić information content (AvgIpc) is 1.84. The molecule has 1 rings (SSSR count). The van der Waals surface area contributed by atoms with Crippen LogP contribution in [0.1, 0.15) is 13.8 Å². The normalized spacial score (nSPS) is 25.0. The number of piperidine rings is 1. The summed E-state index contributed by atoms with van der Waals surface area (Å²) in [6.45, 7) is 14.2. The highest BCUT2D eigenvalue weighted by atomic mass is 14.9. The molecule has 56 valence electrons. The van der Waals surface area contributed by atoms with Crippen molar-refractivity contribution < 1.29 is 0 Å². The first kappa shape index (κ1) is 7.55. The minimum atomic E-state index is 0.144. The van der Waals surface area contributed by atoms with Gasteiger partial charge in [0.15, 0.2) is 0 Å². The Hall–Kier alpha value is -0.560. The second-order valence-electron chi connectivity index (χ2n) is 3.44. The van der Waals surface area contributed by atoms with Crippen molar-refractivity contribution in [2.24, 2.45) is 5.41 Å². The largest absolute Gasteiger partial charge is 0.309 e. The Balaban J connectivity index is 2.83. The predicted molar refractivity (Wildman–Crippen MR) is 44.9 cm³/mol. The van der Waals surface area contributed by atoms with E-state index < -0.39 is 0 Å². The van der Waals surface area contributed by atoms with Crippen molar-refractivity contribution in [2.45, 2.75) is 13.8 Å². The first-order chi connectivity index (χ1) is 4.55. The van der Waals surface area contributed by atoms with Gasteiger partial charge in [-0.2, -0.15) is 0 Å². The van der Waals surface area contributed by atoms with E-state index >= 15 is 0 Å². The van der Waals surface area contributed by atoms with Gasteiger partial charge < -0.3 is 5.32 Å². The zero-order valence-electron chi connectivity index (χ0n) is 6.83. The van der Waals surface area contributed by atoms with Crippen molar-refractivity contribution in [3.63, 3.8) is 0 Å². The molecule has 0 atom stereocenters. The molecule has 0 aromatic heterocycles. The van der Waals surface area contributed by atoms with Gasteiger partial charge in [-0.25, -0.2) is 0 Å². The maximum absolute atomic E-state index is 3.99. The molecule has 0 amide bonds. The summed E-state index contributed by atoms with van der Waals surface area (Å²) in [5, 5.41) is 3.24. The third kappa shape index (κ3) is 1.01. The van der Waals surface area contributed by atoms with E-state index in [2.05, 4.69) is 32.3 Å². The second kappa shape index (κ2) is 2.24. The number of hydrogen-bond acceptors (Lipinski definition) is 1. The first-order valence-electron chi connectivity index (χ1n) is 3.62. The van der Waals surface area contributed by atoms with E-state index in [0.29, 0.717) is 0 Å². The summed E-state index contributed by atoms with van der Waals surface area (Å²) in [7, 11) is 0. The molecule has 1 N–H and O–H groups in total. The van der Waals surface area contributed by atoms with Crippen LogP contribution in [0.15, 0.2) is 24.3 Å². The lowest BCUT2D eigenvalue weighted by Gasteiger charge is -2.35. The smallest absolute Gasteiger partial charge is 0.0173 e. The van der Waals surface area contributed by atoms with Crippen molar-refractivity contribution in [1.82, 2.24) is 5.32 Å². The molecule has 0 aromatic rings. The molecule has 0 radical (unpaired) electrons. The van der Waals surface area contributed by atoms with Gasteiger partial charge in [-0.05, 0) is 0 Å². The lowest BCUT2D eigenvalue weighted by atomic mass is 9.76. The van der Waals surface area contributed by atoms with E-state index in [1.807, 2.05) is 0 Å². The summed E-state index contributed by atoms with van der Waals surface area (Å²) < 4.78 is 0. The molecule has 1 aliphatic heterocycles. The molecule has 0 unspecified atom stereocenters. The summed E-state index contributed by atoms with van der Waals surface area (Å²) in [5.74, 6) is 0. The van der Waals surface area contributed by atoms with Crippen LogP contribution in [-0.2, 0) is 0 Å². The molecule has 1 saturated heterocycles. The maximum Gasteiger partial charge on any atom is 0.0173 e. The highest BCUT2D eigenvalue weighted by Gasteiger charge is 2.27. The minimum Gasteiger partial charge on any atom is -0.309 e. The van der Waals surface area contributed by atoms with Crippen LogP contribution in [0, 0.1) is 5.41 Å². The van der Waals surface area contributed by atoms with Crippen LogP contribution in [-0.4, -0.2) is 13.1 Å². The molecule has 1 aliphatic rings. The van der Waals surface area contributed by atoms with Crippen LogP contribution in [0.3, 0.4) is 0 Å². The van der Waals surface area contributed by atoms with Crippen molar-refractivity contribution in [2.75, 3.05) is 13.1 Å². The van der Waals surface area contributed by atoms with Gasteiger partial charge >= 0.3 is 0 Å². The first-order valence-corrected chi connectivity index (χ1v) is 3.62. The summed E-state index contributed by atoms with van der Waals surface area (Å²) in [5.41, 5.74) is 2.62. The SMILES string of the molecule is C=C1CNCC(=C)C1(C)C. The molecule has 10 heavy (non-hydrogen) atoms. The van der Waals surface area contributed by atoms with Crippen molar-refractivity contribution in [3.8, 4) is 0 Å². The molecule has 0 aliphatic carbocycles. The quantitative estimate of drug-likeness (QED) is 0.501. The Bertz CT molecular complexity index is 159. The molecule has 1 heteroatoms. The second-order valence-corrected chi connectivity index (χ2v) is 3.44. The molecule has 0 aromatic carbocycles. The lowest BCUT2D eigenvalue weighted by Crippen LogP contribution is -2.36. The van der Waals surface area contributed by atoms with Gasteiger partial charge in [0.05, 0.1) is 0 Å². The van der Waals surface area contributed by atoms with Crippen LogP contribution in [0.25, 0.3) is 0 Å². The topological polar surface area (TPSA) is 12.0 Å². The molecule has 1 nitrogen and oxygen atoms in total. The molecule has 0 spiro atoms. The van der Waals surface area contributed by atoms with Crippen LogP contribution in [0.4, 0.5) is 0 Å². The van der Waals surface area contributed by atoms with Crippen LogP contribution in [0.5, 0.6) is 0 Å². The van der Waals surface area contributed by atoms with Gasteiger partial charge in [0.2, 0.25) is 0 Å². The third-order valence-corrected chi connectivity index (χ3v) is 2.44. The third-order valence-electron chi connectivity index (χ3n) is 2.44. The monoisotopic (exact) mass is 137 g/mol. The molecule has 0 bridgehead atoms. The fourth-order valence-corrected chi connectivity index (χ4v) is 1.06. The lowest BCUT2D eigenvalue weighted by molar-refractivity contribution is 0.459. The summed E-state index contributed by atoms with van der Waals surface area (Å²) in [6.07, 6.45) is 0. The zero-order valence-corrected chi connectivity index (χ0v) is 6.83. The molecule has 0 saturated carbocycles. The molecular formula is C9H15N. The van der Waals surface area contributed by atoms with Crippen molar-refractivity contribution in [3.05, 3.63) is 24.3 Å². The Morgan fingerprint density at radius 1 is 1.20 bits per heavy atom. The van der Waals surface area contributed by atoms with E-state index in [4.69, 9.17) is 0 Å². The Kier molecular flexibility index (Phi) is 1.69. The summed E-state index contributed by atoms with van der Waals surface area (Å²) in [6, 6.07) is 0. The van der Waals surface area contributed by atoms with Gasteiger partial charge in [-0.3, -0.25) is 0 Å². The maximum atomic E-state index is 3.99.